The first-order valence-corrected chi connectivity index (χ1v) is 6.71. The number of hydrogen-bond acceptors (Lipinski definition) is 3. The van der Waals surface area contributed by atoms with Gasteiger partial charge in [-0.25, -0.2) is 9.97 Å². The Bertz CT molecular complexity index is 751. The summed E-state index contributed by atoms with van der Waals surface area (Å²) in [5.41, 5.74) is 3.21. The second kappa shape index (κ2) is 5.10. The van der Waals surface area contributed by atoms with Crippen molar-refractivity contribution in [2.75, 3.05) is 19.0 Å². The van der Waals surface area contributed by atoms with Crippen LogP contribution in [0, 0.1) is 0 Å². The molecule has 1 aromatic heterocycles. The quantitative estimate of drug-likeness (QED) is 0.711. The van der Waals surface area contributed by atoms with Gasteiger partial charge in [0.2, 0.25) is 0 Å². The van der Waals surface area contributed by atoms with Gasteiger partial charge in [0, 0.05) is 24.5 Å². The normalized spacial score (nSPS) is 10.8. The Morgan fingerprint density at radius 3 is 2.30 bits per heavy atom. The number of halogens is 1. The van der Waals surface area contributed by atoms with Crippen molar-refractivity contribution in [3.63, 3.8) is 0 Å². The largest absolute Gasteiger partial charge is 0.362 e. The molecule has 0 aliphatic carbocycles. The molecular formula is C16H14ClN3. The monoisotopic (exact) mass is 283 g/mol. The van der Waals surface area contributed by atoms with E-state index < -0.39 is 0 Å². The SMILES string of the molecule is CN(C)c1ncnc2ccc(-c3ccc(Cl)cc3)cc12. The second-order valence-electron chi connectivity index (χ2n) is 4.83. The predicted octanol–water partition coefficient (Wildman–Crippen LogP) is 4.02. The third-order valence-corrected chi connectivity index (χ3v) is 3.47. The average Bonchev–Trinajstić information content (AvgIpc) is 2.46. The van der Waals surface area contributed by atoms with Crippen molar-refractivity contribution in [3.8, 4) is 11.1 Å². The Morgan fingerprint density at radius 1 is 0.900 bits per heavy atom. The van der Waals surface area contributed by atoms with E-state index in [1.165, 1.54) is 0 Å². The van der Waals surface area contributed by atoms with Gasteiger partial charge in [-0.2, -0.15) is 0 Å². The van der Waals surface area contributed by atoms with Gasteiger partial charge >= 0.3 is 0 Å². The van der Waals surface area contributed by atoms with Crippen molar-refractivity contribution in [2.45, 2.75) is 0 Å². The fourth-order valence-corrected chi connectivity index (χ4v) is 2.35. The molecule has 0 saturated heterocycles. The molecule has 4 heteroatoms. The Labute approximate surface area is 122 Å². The summed E-state index contributed by atoms with van der Waals surface area (Å²) in [7, 11) is 3.97. The third kappa shape index (κ3) is 2.32. The van der Waals surface area contributed by atoms with E-state index in [1.807, 2.05) is 49.3 Å². The zero-order valence-electron chi connectivity index (χ0n) is 11.3. The van der Waals surface area contributed by atoms with Crippen LogP contribution in [0.3, 0.4) is 0 Å². The summed E-state index contributed by atoms with van der Waals surface area (Å²) >= 11 is 5.93. The number of rotatable bonds is 2. The van der Waals surface area contributed by atoms with Crippen LogP contribution in [0.2, 0.25) is 5.02 Å². The van der Waals surface area contributed by atoms with E-state index in [2.05, 4.69) is 22.1 Å². The zero-order valence-corrected chi connectivity index (χ0v) is 12.1. The van der Waals surface area contributed by atoms with Crippen molar-refractivity contribution in [1.82, 2.24) is 9.97 Å². The van der Waals surface area contributed by atoms with Gasteiger partial charge in [0.1, 0.15) is 12.1 Å². The molecule has 2 aromatic carbocycles. The van der Waals surface area contributed by atoms with Gasteiger partial charge < -0.3 is 4.90 Å². The van der Waals surface area contributed by atoms with Crippen LogP contribution < -0.4 is 4.90 Å². The lowest BCUT2D eigenvalue weighted by molar-refractivity contribution is 1.06. The highest BCUT2D eigenvalue weighted by atomic mass is 35.5. The minimum atomic E-state index is 0.742. The van der Waals surface area contributed by atoms with Gasteiger partial charge in [0.15, 0.2) is 0 Å². The Hall–Kier alpha value is -2.13. The van der Waals surface area contributed by atoms with Gasteiger partial charge in [0.05, 0.1) is 5.52 Å². The molecule has 0 amide bonds. The van der Waals surface area contributed by atoms with Gasteiger partial charge in [-0.3, -0.25) is 0 Å². The zero-order chi connectivity index (χ0) is 14.1. The fraction of sp³-hybridized carbons (Fsp3) is 0.125. The molecule has 0 aliphatic rings. The molecule has 3 rings (SSSR count). The van der Waals surface area contributed by atoms with E-state index in [0.717, 1.165) is 32.9 Å². The lowest BCUT2D eigenvalue weighted by Gasteiger charge is -2.14. The summed E-state index contributed by atoms with van der Waals surface area (Å²) in [5, 5.41) is 1.79. The van der Waals surface area contributed by atoms with Crippen molar-refractivity contribution < 1.29 is 0 Å². The van der Waals surface area contributed by atoms with Crippen LogP contribution in [-0.4, -0.2) is 24.1 Å². The second-order valence-corrected chi connectivity index (χ2v) is 5.27. The number of benzene rings is 2. The topological polar surface area (TPSA) is 29.0 Å². The third-order valence-electron chi connectivity index (χ3n) is 3.22. The van der Waals surface area contributed by atoms with E-state index >= 15 is 0 Å². The molecule has 0 bridgehead atoms. The molecule has 1 heterocycles. The molecule has 3 nitrogen and oxygen atoms in total. The first-order chi connectivity index (χ1) is 9.65. The van der Waals surface area contributed by atoms with Crippen LogP contribution in [0.5, 0.6) is 0 Å². The van der Waals surface area contributed by atoms with Crippen LogP contribution in [0.4, 0.5) is 5.82 Å². The number of anilines is 1. The van der Waals surface area contributed by atoms with Gasteiger partial charge in [-0.1, -0.05) is 29.8 Å². The Kier molecular flexibility index (Phi) is 3.28. The van der Waals surface area contributed by atoms with E-state index in [0.29, 0.717) is 0 Å². The van der Waals surface area contributed by atoms with E-state index in [-0.39, 0.29) is 0 Å². The lowest BCUT2D eigenvalue weighted by atomic mass is 10.0. The van der Waals surface area contributed by atoms with E-state index in [1.54, 1.807) is 6.33 Å². The van der Waals surface area contributed by atoms with Crippen LogP contribution in [0.15, 0.2) is 48.8 Å². The van der Waals surface area contributed by atoms with Crippen molar-refractivity contribution >= 4 is 28.3 Å². The lowest BCUT2D eigenvalue weighted by Crippen LogP contribution is -2.11. The molecule has 100 valence electrons. The van der Waals surface area contributed by atoms with Crippen molar-refractivity contribution in [2.24, 2.45) is 0 Å². The Balaban J connectivity index is 2.19. The van der Waals surface area contributed by atoms with Gasteiger partial charge in [0.25, 0.3) is 0 Å². The summed E-state index contributed by atoms with van der Waals surface area (Å²) in [6, 6.07) is 14.0. The van der Waals surface area contributed by atoms with Crippen LogP contribution in [-0.2, 0) is 0 Å². The minimum Gasteiger partial charge on any atom is -0.362 e. The highest BCUT2D eigenvalue weighted by Crippen LogP contribution is 2.28. The first-order valence-electron chi connectivity index (χ1n) is 6.33. The molecule has 0 N–H and O–H groups in total. The van der Waals surface area contributed by atoms with Crippen molar-refractivity contribution in [3.05, 3.63) is 53.8 Å². The standard InChI is InChI=1S/C16H14ClN3/c1-20(2)16-14-9-12(5-8-15(14)18-10-19-16)11-3-6-13(17)7-4-11/h3-10H,1-2H3. The van der Waals surface area contributed by atoms with Crippen LogP contribution in [0.1, 0.15) is 0 Å². The molecule has 20 heavy (non-hydrogen) atoms. The maximum Gasteiger partial charge on any atom is 0.139 e. The molecule has 0 radical (unpaired) electrons. The number of aromatic nitrogens is 2. The maximum absolute atomic E-state index is 5.93. The first kappa shape index (κ1) is 12.9. The molecule has 0 saturated carbocycles. The maximum atomic E-state index is 5.93. The number of hydrogen-bond donors (Lipinski definition) is 0. The van der Waals surface area contributed by atoms with Gasteiger partial charge in [-0.15, -0.1) is 0 Å². The molecule has 0 spiro atoms. The molecule has 0 fully saturated rings. The predicted molar refractivity (Wildman–Crippen MR) is 84.3 cm³/mol. The molecular weight excluding hydrogens is 270 g/mol. The summed E-state index contributed by atoms with van der Waals surface area (Å²) in [5.74, 6) is 0.922. The summed E-state index contributed by atoms with van der Waals surface area (Å²) in [6.45, 7) is 0. The van der Waals surface area contributed by atoms with Gasteiger partial charge in [-0.05, 0) is 35.4 Å². The van der Waals surface area contributed by atoms with E-state index in [4.69, 9.17) is 11.6 Å². The molecule has 0 atom stereocenters. The summed E-state index contributed by atoms with van der Waals surface area (Å²) < 4.78 is 0. The minimum absolute atomic E-state index is 0.742. The fourth-order valence-electron chi connectivity index (χ4n) is 2.22. The van der Waals surface area contributed by atoms with Crippen molar-refractivity contribution in [1.29, 1.82) is 0 Å². The number of nitrogens with zero attached hydrogens (tertiary/aromatic N) is 3. The smallest absolute Gasteiger partial charge is 0.139 e. The molecule has 0 aliphatic heterocycles. The number of fused-ring (bicyclic) bond motifs is 1. The highest BCUT2D eigenvalue weighted by Gasteiger charge is 2.07. The van der Waals surface area contributed by atoms with Crippen LogP contribution in [0.25, 0.3) is 22.0 Å². The molecule has 0 unspecified atom stereocenters. The average molecular weight is 284 g/mol. The van der Waals surface area contributed by atoms with E-state index in [9.17, 15) is 0 Å². The van der Waals surface area contributed by atoms with Crippen LogP contribution >= 0.6 is 11.6 Å². The summed E-state index contributed by atoms with van der Waals surface area (Å²) in [4.78, 5) is 10.7. The summed E-state index contributed by atoms with van der Waals surface area (Å²) in [6.07, 6.45) is 1.60. The Morgan fingerprint density at radius 2 is 1.60 bits per heavy atom. The highest BCUT2D eigenvalue weighted by molar-refractivity contribution is 6.30. The molecule has 3 aromatic rings.